The Kier molecular flexibility index (Phi) is 60.6. The molecule has 0 bridgehead atoms. The summed E-state index contributed by atoms with van der Waals surface area (Å²) >= 11 is 0. The van der Waals surface area contributed by atoms with Gasteiger partial charge in [0, 0.05) is 19.3 Å². The summed E-state index contributed by atoms with van der Waals surface area (Å²) < 4.78 is 16.8. The largest absolute Gasteiger partial charge is 0.462 e. The molecule has 0 spiro atoms. The number of unbranched alkanes of at least 4 members (excludes halogenated alkanes) is 46. The van der Waals surface area contributed by atoms with Gasteiger partial charge in [-0.15, -0.1) is 0 Å². The third-order valence-electron chi connectivity index (χ3n) is 14.9. The predicted octanol–water partition coefficient (Wildman–Crippen LogP) is 22.2. The molecule has 0 radical (unpaired) electrons. The van der Waals surface area contributed by atoms with Crippen molar-refractivity contribution in [2.75, 3.05) is 13.2 Å². The summed E-state index contributed by atoms with van der Waals surface area (Å²) in [6, 6.07) is 0. The molecule has 6 nitrogen and oxygen atoms in total. The number of rotatable bonds is 61. The van der Waals surface area contributed by atoms with Gasteiger partial charge in [-0.1, -0.05) is 302 Å². The van der Waals surface area contributed by atoms with Crippen molar-refractivity contribution >= 4 is 17.9 Å². The standard InChI is InChI=1S/C67H126O6/c1-4-7-10-13-15-17-19-21-23-25-27-29-31-32-33-34-36-37-39-41-43-45-47-49-51-54-57-60-66(69)72-63-64(62-71-65(68)59-56-53-12-9-6-3)73-67(70)61-58-55-52-50-48-46-44-42-40-38-35-30-28-26-24-22-20-18-16-14-11-8-5-2/h25-28,64H,4-24,29-63H2,1-3H3/b27-25-,28-26-. The molecule has 0 aromatic heterocycles. The molecule has 430 valence electrons. The first kappa shape index (κ1) is 70.9. The highest BCUT2D eigenvalue weighted by Gasteiger charge is 2.19. The van der Waals surface area contributed by atoms with Crippen molar-refractivity contribution in [3.05, 3.63) is 24.3 Å². The zero-order valence-electron chi connectivity index (χ0n) is 49.4. The SMILES string of the molecule is CCCCCCCCCC/C=C\CCCCCCCCCCCCCCCCCC(=O)OCC(COC(=O)CCCCCCC)OC(=O)CCCCCCCCCCCCC/C=C\CCCCCCCCCC. The highest BCUT2D eigenvalue weighted by atomic mass is 16.6. The molecule has 73 heavy (non-hydrogen) atoms. The van der Waals surface area contributed by atoms with E-state index in [9.17, 15) is 14.4 Å². The molecule has 6 heteroatoms. The average Bonchev–Trinajstić information content (AvgIpc) is 3.39. The smallest absolute Gasteiger partial charge is 0.306 e. The minimum Gasteiger partial charge on any atom is -0.462 e. The Morgan fingerprint density at radius 1 is 0.260 bits per heavy atom. The summed E-state index contributed by atoms with van der Waals surface area (Å²) in [7, 11) is 0. The van der Waals surface area contributed by atoms with Gasteiger partial charge in [-0.25, -0.2) is 0 Å². The number of hydrogen-bond acceptors (Lipinski definition) is 6. The molecule has 0 aliphatic heterocycles. The fourth-order valence-corrected chi connectivity index (χ4v) is 9.97. The van der Waals surface area contributed by atoms with Crippen LogP contribution in [0.3, 0.4) is 0 Å². The molecule has 0 heterocycles. The van der Waals surface area contributed by atoms with Crippen molar-refractivity contribution in [3.8, 4) is 0 Å². The van der Waals surface area contributed by atoms with Crippen LogP contribution in [0.2, 0.25) is 0 Å². The van der Waals surface area contributed by atoms with E-state index in [0.717, 1.165) is 64.2 Å². The van der Waals surface area contributed by atoms with E-state index < -0.39 is 6.10 Å². The number of esters is 3. The maximum atomic E-state index is 12.8. The van der Waals surface area contributed by atoms with Gasteiger partial charge in [0.1, 0.15) is 13.2 Å². The second kappa shape index (κ2) is 62.4. The van der Waals surface area contributed by atoms with Gasteiger partial charge in [0.2, 0.25) is 0 Å². The van der Waals surface area contributed by atoms with Crippen molar-refractivity contribution in [3.63, 3.8) is 0 Å². The number of ether oxygens (including phenoxy) is 3. The lowest BCUT2D eigenvalue weighted by atomic mass is 10.0. The van der Waals surface area contributed by atoms with E-state index in [4.69, 9.17) is 14.2 Å². The number of allylic oxidation sites excluding steroid dienone is 4. The Labute approximate surface area is 455 Å². The Bertz CT molecular complexity index is 1180. The van der Waals surface area contributed by atoms with Crippen LogP contribution >= 0.6 is 0 Å². The third-order valence-corrected chi connectivity index (χ3v) is 14.9. The van der Waals surface area contributed by atoms with Gasteiger partial charge < -0.3 is 14.2 Å². The van der Waals surface area contributed by atoms with E-state index in [1.54, 1.807) is 0 Å². The van der Waals surface area contributed by atoms with Gasteiger partial charge in [-0.3, -0.25) is 14.4 Å². The summed E-state index contributed by atoms with van der Waals surface area (Å²) in [5, 5.41) is 0. The molecule has 1 atom stereocenters. The molecule has 0 rings (SSSR count). The molecule has 0 aliphatic carbocycles. The average molecular weight is 1030 g/mol. The van der Waals surface area contributed by atoms with Crippen LogP contribution in [0, 0.1) is 0 Å². The van der Waals surface area contributed by atoms with E-state index in [0.29, 0.717) is 19.3 Å². The molecule has 0 amide bonds. The van der Waals surface area contributed by atoms with Crippen LogP contribution < -0.4 is 0 Å². The minimum atomic E-state index is -0.766. The number of carbonyl (C=O) groups excluding carboxylic acids is 3. The van der Waals surface area contributed by atoms with Crippen molar-refractivity contribution < 1.29 is 28.6 Å². The summed E-state index contributed by atoms with van der Waals surface area (Å²) in [6.45, 7) is 6.62. The van der Waals surface area contributed by atoms with Gasteiger partial charge in [-0.05, 0) is 70.6 Å². The third kappa shape index (κ3) is 60.6. The quantitative estimate of drug-likeness (QED) is 0.0261. The van der Waals surface area contributed by atoms with Gasteiger partial charge in [-0.2, -0.15) is 0 Å². The van der Waals surface area contributed by atoms with Gasteiger partial charge in [0.15, 0.2) is 6.10 Å². The highest BCUT2D eigenvalue weighted by molar-refractivity contribution is 5.71. The van der Waals surface area contributed by atoms with Crippen LogP contribution in [0.5, 0.6) is 0 Å². The van der Waals surface area contributed by atoms with Crippen LogP contribution in [0.15, 0.2) is 24.3 Å². The molecule has 0 aromatic rings. The molecule has 0 aliphatic rings. The summed E-state index contributed by atoms with van der Waals surface area (Å²) in [4.78, 5) is 37.9. The molecule has 0 N–H and O–H groups in total. The molecular weight excluding hydrogens is 901 g/mol. The zero-order valence-corrected chi connectivity index (χ0v) is 49.4. The number of hydrogen-bond donors (Lipinski definition) is 0. The predicted molar refractivity (Wildman–Crippen MR) is 316 cm³/mol. The second-order valence-electron chi connectivity index (χ2n) is 22.4. The van der Waals surface area contributed by atoms with Crippen LogP contribution in [0.1, 0.15) is 367 Å². The minimum absolute atomic E-state index is 0.0673. The maximum Gasteiger partial charge on any atom is 0.306 e. The molecule has 0 saturated heterocycles. The lowest BCUT2D eigenvalue weighted by Crippen LogP contribution is -2.30. The highest BCUT2D eigenvalue weighted by Crippen LogP contribution is 2.18. The van der Waals surface area contributed by atoms with E-state index in [1.165, 1.54) is 263 Å². The molecular formula is C67H126O6. The molecule has 0 saturated carbocycles. The van der Waals surface area contributed by atoms with Crippen molar-refractivity contribution in [1.29, 1.82) is 0 Å². The number of carbonyl (C=O) groups is 3. The van der Waals surface area contributed by atoms with E-state index in [1.807, 2.05) is 0 Å². The van der Waals surface area contributed by atoms with Gasteiger partial charge in [0.05, 0.1) is 0 Å². The van der Waals surface area contributed by atoms with Gasteiger partial charge in [0.25, 0.3) is 0 Å². The monoisotopic (exact) mass is 1030 g/mol. The lowest BCUT2D eigenvalue weighted by Gasteiger charge is -2.18. The first-order valence-corrected chi connectivity index (χ1v) is 32.8. The first-order valence-electron chi connectivity index (χ1n) is 32.8. The van der Waals surface area contributed by atoms with Crippen LogP contribution in [0.4, 0.5) is 0 Å². The van der Waals surface area contributed by atoms with Crippen molar-refractivity contribution in [2.45, 2.75) is 374 Å². The Hall–Kier alpha value is -2.11. The fraction of sp³-hybridized carbons (Fsp3) is 0.896. The van der Waals surface area contributed by atoms with Crippen LogP contribution in [-0.2, 0) is 28.6 Å². The summed E-state index contributed by atoms with van der Waals surface area (Å²) in [5.74, 6) is -0.859. The normalized spacial score (nSPS) is 12.1. The zero-order chi connectivity index (χ0) is 52.9. The molecule has 0 aromatic carbocycles. The fourth-order valence-electron chi connectivity index (χ4n) is 9.97. The maximum absolute atomic E-state index is 12.8. The Morgan fingerprint density at radius 2 is 0.452 bits per heavy atom. The van der Waals surface area contributed by atoms with E-state index in [-0.39, 0.29) is 31.1 Å². The van der Waals surface area contributed by atoms with Crippen molar-refractivity contribution in [1.82, 2.24) is 0 Å². The lowest BCUT2D eigenvalue weighted by molar-refractivity contribution is -0.167. The Balaban J connectivity index is 3.97. The summed E-state index contributed by atoms with van der Waals surface area (Å²) in [6.07, 6.45) is 75.4. The second-order valence-corrected chi connectivity index (χ2v) is 22.4. The van der Waals surface area contributed by atoms with Crippen LogP contribution in [-0.4, -0.2) is 37.2 Å². The summed E-state index contributed by atoms with van der Waals surface area (Å²) in [5.41, 5.74) is 0. The van der Waals surface area contributed by atoms with E-state index >= 15 is 0 Å². The molecule has 1 unspecified atom stereocenters. The Morgan fingerprint density at radius 3 is 0.685 bits per heavy atom. The van der Waals surface area contributed by atoms with Crippen LogP contribution in [0.25, 0.3) is 0 Å². The molecule has 0 fully saturated rings. The first-order chi connectivity index (χ1) is 36.0. The topological polar surface area (TPSA) is 78.9 Å². The van der Waals surface area contributed by atoms with Gasteiger partial charge >= 0.3 is 17.9 Å². The van der Waals surface area contributed by atoms with E-state index in [2.05, 4.69) is 45.1 Å². The van der Waals surface area contributed by atoms with Crippen molar-refractivity contribution in [2.24, 2.45) is 0 Å².